The molecule has 54 valence electrons. The highest BCUT2D eigenvalue weighted by molar-refractivity contribution is 5.06. The van der Waals surface area contributed by atoms with Gasteiger partial charge in [0, 0.05) is 24.0 Å². The van der Waals surface area contributed by atoms with Crippen molar-refractivity contribution < 1.29 is 0 Å². The molecule has 0 radical (unpaired) electrons. The molecule has 2 nitrogen and oxygen atoms in total. The average molecular weight is 136 g/mol. The first-order valence-electron chi connectivity index (χ1n) is 3.37. The van der Waals surface area contributed by atoms with Crippen molar-refractivity contribution in [2.24, 2.45) is 0 Å². The van der Waals surface area contributed by atoms with Crippen molar-refractivity contribution in [1.29, 1.82) is 0 Å². The summed E-state index contributed by atoms with van der Waals surface area (Å²) in [6.45, 7) is 6.37. The van der Waals surface area contributed by atoms with E-state index in [1.807, 2.05) is 0 Å². The number of aromatic nitrogens is 2. The largest absolute Gasteiger partial charge is 0.261 e. The van der Waals surface area contributed by atoms with Crippen molar-refractivity contribution in [2.45, 2.75) is 26.2 Å². The van der Waals surface area contributed by atoms with Crippen LogP contribution in [-0.4, -0.2) is 9.97 Å². The molecule has 0 amide bonds. The fourth-order valence-corrected chi connectivity index (χ4v) is 0.686. The van der Waals surface area contributed by atoms with E-state index in [2.05, 4.69) is 30.7 Å². The molecule has 1 aromatic rings. The summed E-state index contributed by atoms with van der Waals surface area (Å²) in [6, 6.07) is 0. The molecule has 0 aliphatic rings. The molecule has 1 rings (SSSR count). The van der Waals surface area contributed by atoms with Gasteiger partial charge in [0.2, 0.25) is 0 Å². The Balaban J connectivity index is 2.97. The van der Waals surface area contributed by atoms with E-state index in [4.69, 9.17) is 0 Å². The van der Waals surface area contributed by atoms with Gasteiger partial charge in [-0.2, -0.15) is 0 Å². The summed E-state index contributed by atoms with van der Waals surface area (Å²) in [5.41, 5.74) is 1.16. The van der Waals surface area contributed by atoms with Gasteiger partial charge in [0.05, 0.1) is 5.69 Å². The Morgan fingerprint density at radius 1 is 1.20 bits per heavy atom. The smallest absolute Gasteiger partial charge is 0.0640 e. The Morgan fingerprint density at radius 3 is 2.20 bits per heavy atom. The van der Waals surface area contributed by atoms with Crippen LogP contribution in [0.1, 0.15) is 26.5 Å². The third-order valence-electron chi connectivity index (χ3n) is 1.33. The molecule has 10 heavy (non-hydrogen) atoms. The molecule has 0 N–H and O–H groups in total. The lowest BCUT2D eigenvalue weighted by molar-refractivity contribution is 0.565. The lowest BCUT2D eigenvalue weighted by Gasteiger charge is -2.15. The summed E-state index contributed by atoms with van der Waals surface area (Å²) in [5.74, 6) is 0. The highest BCUT2D eigenvalue weighted by atomic mass is 14.8. The van der Waals surface area contributed by atoms with E-state index in [1.54, 1.807) is 18.6 Å². The zero-order valence-corrected chi connectivity index (χ0v) is 6.63. The molecule has 0 saturated heterocycles. The first-order chi connectivity index (χ1) is 4.61. The molecule has 1 heterocycles. The summed E-state index contributed by atoms with van der Waals surface area (Å²) in [5, 5.41) is 0. The summed E-state index contributed by atoms with van der Waals surface area (Å²) in [7, 11) is 0. The van der Waals surface area contributed by atoms with Crippen molar-refractivity contribution in [1.82, 2.24) is 9.97 Å². The SMILES string of the molecule is CC(C)(C)c1cnccn1. The van der Waals surface area contributed by atoms with Crippen molar-refractivity contribution in [3.05, 3.63) is 24.3 Å². The van der Waals surface area contributed by atoms with E-state index in [-0.39, 0.29) is 5.41 Å². The van der Waals surface area contributed by atoms with Gasteiger partial charge in [0.15, 0.2) is 0 Å². The van der Waals surface area contributed by atoms with Crippen molar-refractivity contribution in [2.75, 3.05) is 0 Å². The standard InChI is InChI=1S/C8H12N2/c1-8(2,3)7-6-9-4-5-10-7/h4-6H,1-3H3. The zero-order chi connectivity index (χ0) is 7.61. The van der Waals surface area contributed by atoms with Gasteiger partial charge in [0.25, 0.3) is 0 Å². The zero-order valence-electron chi connectivity index (χ0n) is 6.63. The fourth-order valence-electron chi connectivity index (χ4n) is 0.686. The van der Waals surface area contributed by atoms with Crippen LogP contribution in [0.3, 0.4) is 0 Å². The van der Waals surface area contributed by atoms with Gasteiger partial charge < -0.3 is 0 Å². The molecule has 0 unspecified atom stereocenters. The summed E-state index contributed by atoms with van der Waals surface area (Å²) in [4.78, 5) is 8.18. The van der Waals surface area contributed by atoms with E-state index in [9.17, 15) is 0 Å². The van der Waals surface area contributed by atoms with Crippen LogP contribution in [0.15, 0.2) is 18.6 Å². The maximum absolute atomic E-state index is 4.19. The molecule has 0 bridgehead atoms. The fraction of sp³-hybridized carbons (Fsp3) is 0.500. The third-order valence-corrected chi connectivity index (χ3v) is 1.33. The molecular weight excluding hydrogens is 124 g/mol. The van der Waals surface area contributed by atoms with Crippen LogP contribution in [0.2, 0.25) is 0 Å². The second kappa shape index (κ2) is 2.37. The van der Waals surface area contributed by atoms with Gasteiger partial charge in [-0.25, -0.2) is 0 Å². The Hall–Kier alpha value is -0.920. The summed E-state index contributed by atoms with van der Waals surface area (Å²) < 4.78 is 0. The predicted octanol–water partition coefficient (Wildman–Crippen LogP) is 1.77. The van der Waals surface area contributed by atoms with Gasteiger partial charge >= 0.3 is 0 Å². The van der Waals surface area contributed by atoms with E-state index in [0.717, 1.165) is 5.69 Å². The van der Waals surface area contributed by atoms with Crippen LogP contribution in [0.5, 0.6) is 0 Å². The third kappa shape index (κ3) is 1.53. The predicted molar refractivity (Wildman–Crippen MR) is 40.7 cm³/mol. The lowest BCUT2D eigenvalue weighted by atomic mass is 9.93. The highest BCUT2D eigenvalue weighted by Crippen LogP contribution is 2.17. The molecule has 2 heteroatoms. The minimum absolute atomic E-state index is 0.119. The van der Waals surface area contributed by atoms with Crippen molar-refractivity contribution in [3.8, 4) is 0 Å². The van der Waals surface area contributed by atoms with Crippen molar-refractivity contribution in [3.63, 3.8) is 0 Å². The second-order valence-electron chi connectivity index (χ2n) is 3.34. The molecule has 1 aromatic heterocycles. The summed E-state index contributed by atoms with van der Waals surface area (Å²) >= 11 is 0. The number of hydrogen-bond donors (Lipinski definition) is 0. The Morgan fingerprint density at radius 2 is 1.90 bits per heavy atom. The molecule has 0 saturated carbocycles. The minimum atomic E-state index is 0.119. The monoisotopic (exact) mass is 136 g/mol. The Bertz CT molecular complexity index is 198. The normalized spacial score (nSPS) is 11.5. The first-order valence-corrected chi connectivity index (χ1v) is 3.37. The Labute approximate surface area is 61.3 Å². The van der Waals surface area contributed by atoms with E-state index < -0.39 is 0 Å². The van der Waals surface area contributed by atoms with E-state index >= 15 is 0 Å². The highest BCUT2D eigenvalue weighted by Gasteiger charge is 2.13. The number of hydrogen-bond acceptors (Lipinski definition) is 2. The minimum Gasteiger partial charge on any atom is -0.261 e. The van der Waals surface area contributed by atoms with Crippen LogP contribution >= 0.6 is 0 Å². The molecule has 0 atom stereocenters. The van der Waals surface area contributed by atoms with Gasteiger partial charge in [0.1, 0.15) is 0 Å². The Kier molecular flexibility index (Phi) is 1.70. The number of rotatable bonds is 0. The van der Waals surface area contributed by atoms with Crippen LogP contribution in [0.4, 0.5) is 0 Å². The van der Waals surface area contributed by atoms with Crippen LogP contribution in [0, 0.1) is 0 Å². The van der Waals surface area contributed by atoms with Crippen LogP contribution in [0.25, 0.3) is 0 Å². The first kappa shape index (κ1) is 7.19. The topological polar surface area (TPSA) is 25.8 Å². The van der Waals surface area contributed by atoms with Gasteiger partial charge in [-0.05, 0) is 0 Å². The molecule has 0 aliphatic carbocycles. The maximum Gasteiger partial charge on any atom is 0.0640 e. The van der Waals surface area contributed by atoms with E-state index in [1.165, 1.54) is 0 Å². The molecule has 0 spiro atoms. The molecular formula is C8H12N2. The maximum atomic E-state index is 4.19. The lowest BCUT2D eigenvalue weighted by Crippen LogP contribution is -2.13. The number of nitrogens with zero attached hydrogens (tertiary/aromatic N) is 2. The van der Waals surface area contributed by atoms with Crippen LogP contribution in [-0.2, 0) is 5.41 Å². The van der Waals surface area contributed by atoms with Gasteiger partial charge in [-0.1, -0.05) is 20.8 Å². The molecule has 0 aliphatic heterocycles. The average Bonchev–Trinajstić information content (AvgIpc) is 1.88. The van der Waals surface area contributed by atoms with E-state index in [0.29, 0.717) is 0 Å². The van der Waals surface area contributed by atoms with Crippen LogP contribution < -0.4 is 0 Å². The molecule has 0 fully saturated rings. The van der Waals surface area contributed by atoms with Gasteiger partial charge in [-0.3, -0.25) is 9.97 Å². The van der Waals surface area contributed by atoms with Gasteiger partial charge in [-0.15, -0.1) is 0 Å². The quantitative estimate of drug-likeness (QED) is 0.543. The molecule has 0 aromatic carbocycles. The summed E-state index contributed by atoms with van der Waals surface area (Å²) in [6.07, 6.45) is 5.22. The van der Waals surface area contributed by atoms with Crippen molar-refractivity contribution >= 4 is 0 Å². The second-order valence-corrected chi connectivity index (χ2v) is 3.34.